The Hall–Kier alpha value is -3.29. The minimum absolute atomic E-state index is 0.00574. The van der Waals surface area contributed by atoms with E-state index in [0.29, 0.717) is 24.1 Å². The van der Waals surface area contributed by atoms with Crippen LogP contribution in [0, 0.1) is 5.92 Å². The number of aromatic hydroxyl groups is 2. The zero-order valence-electron chi connectivity index (χ0n) is 21.3. The van der Waals surface area contributed by atoms with Gasteiger partial charge in [-0.1, -0.05) is 43.7 Å². The minimum atomic E-state index is -0.649. The zero-order chi connectivity index (χ0) is 25.9. The topological polar surface area (TPSA) is 109 Å². The Balaban J connectivity index is 1.87. The molecule has 1 saturated heterocycles. The smallest absolute Gasteiger partial charge is 0.342 e. The number of ether oxygens (including phenoxy) is 1. The van der Waals surface area contributed by atoms with E-state index >= 15 is 0 Å². The van der Waals surface area contributed by atoms with Gasteiger partial charge in [-0.25, -0.2) is 4.79 Å². The number of amides is 1. The Kier molecular flexibility index (Phi) is 10.4. The molecular formula is C28H38N2O6. The average Bonchev–Trinajstić information content (AvgIpc) is 2.83. The maximum atomic E-state index is 13.1. The molecule has 3 rings (SSSR count). The number of nitrogens with zero attached hydrogens (tertiary/aromatic N) is 2. The molecule has 1 fully saturated rings. The van der Waals surface area contributed by atoms with E-state index in [1.807, 2.05) is 19.1 Å². The summed E-state index contributed by atoms with van der Waals surface area (Å²) in [5.41, 5.74) is 0.815. The van der Waals surface area contributed by atoms with Gasteiger partial charge in [0.05, 0.1) is 5.71 Å². The molecular weight excluding hydrogens is 460 g/mol. The number of esters is 1. The van der Waals surface area contributed by atoms with Gasteiger partial charge in [-0.15, -0.1) is 0 Å². The van der Waals surface area contributed by atoms with Crippen LogP contribution in [0.15, 0.2) is 41.6 Å². The molecule has 0 aromatic heterocycles. The molecule has 0 saturated carbocycles. The van der Waals surface area contributed by atoms with Gasteiger partial charge in [0, 0.05) is 32.0 Å². The highest BCUT2D eigenvalue weighted by Gasteiger charge is 2.23. The third kappa shape index (κ3) is 8.14. The first-order chi connectivity index (χ1) is 17.4. The molecule has 0 bridgehead atoms. The highest BCUT2D eigenvalue weighted by Crippen LogP contribution is 2.30. The number of allylic oxidation sites excluding steroid dienone is 3. The fourth-order valence-electron chi connectivity index (χ4n) is 4.48. The molecule has 0 spiro atoms. The molecule has 2 aliphatic rings. The van der Waals surface area contributed by atoms with Crippen LogP contribution in [0.25, 0.3) is 0 Å². The standard InChI is InChI=1S/C28H38N2O6/c1-3-9-24-13-8-11-20(2)10-7-12-22(29-35-19-26(33)30-14-5-4-6-15-30)16-21-17-23(31)18-25(32)27(21)28(34)36-24/h7-8,11-12,17-18,20,24,31-32H,3-6,9-10,13-16,19H2,1-2H3. The molecule has 36 heavy (non-hydrogen) atoms. The van der Waals surface area contributed by atoms with Crippen LogP contribution in [0.5, 0.6) is 11.5 Å². The predicted octanol–water partition coefficient (Wildman–Crippen LogP) is 4.89. The lowest BCUT2D eigenvalue weighted by Gasteiger charge is -2.26. The number of hydrogen-bond donors (Lipinski definition) is 2. The van der Waals surface area contributed by atoms with Crippen LogP contribution >= 0.6 is 0 Å². The number of carbonyl (C=O) groups is 2. The molecule has 1 aromatic rings. The van der Waals surface area contributed by atoms with Crippen LogP contribution in [0.4, 0.5) is 0 Å². The summed E-state index contributed by atoms with van der Waals surface area (Å²) in [6.45, 7) is 5.42. The molecule has 2 N–H and O–H groups in total. The number of likely N-dealkylation sites (tertiary alicyclic amines) is 1. The Labute approximate surface area is 213 Å². The van der Waals surface area contributed by atoms with Crippen molar-refractivity contribution < 1.29 is 29.4 Å². The lowest BCUT2D eigenvalue weighted by Crippen LogP contribution is -2.37. The van der Waals surface area contributed by atoms with Crippen molar-refractivity contribution in [3.63, 3.8) is 0 Å². The van der Waals surface area contributed by atoms with Crippen molar-refractivity contribution in [3.8, 4) is 11.5 Å². The third-order valence-corrected chi connectivity index (χ3v) is 6.40. The summed E-state index contributed by atoms with van der Waals surface area (Å²) in [6, 6.07) is 2.54. The van der Waals surface area contributed by atoms with Crippen molar-refractivity contribution >= 4 is 17.6 Å². The Bertz CT molecular complexity index is 994. The van der Waals surface area contributed by atoms with E-state index in [2.05, 4.69) is 18.2 Å². The van der Waals surface area contributed by atoms with Crippen molar-refractivity contribution in [1.29, 1.82) is 0 Å². The van der Waals surface area contributed by atoms with Gasteiger partial charge < -0.3 is 24.7 Å². The Morgan fingerprint density at radius 2 is 1.94 bits per heavy atom. The molecule has 8 heteroatoms. The number of rotatable bonds is 5. The van der Waals surface area contributed by atoms with Crippen LogP contribution in [-0.4, -0.2) is 58.5 Å². The second-order valence-electron chi connectivity index (χ2n) is 9.57. The molecule has 0 aliphatic carbocycles. The van der Waals surface area contributed by atoms with Crippen molar-refractivity contribution in [3.05, 3.63) is 47.6 Å². The molecule has 2 unspecified atom stereocenters. The molecule has 2 aliphatic heterocycles. The zero-order valence-corrected chi connectivity index (χ0v) is 21.3. The first-order valence-corrected chi connectivity index (χ1v) is 12.9. The summed E-state index contributed by atoms with van der Waals surface area (Å²) in [5.74, 6) is -1.02. The van der Waals surface area contributed by atoms with E-state index < -0.39 is 5.97 Å². The molecule has 8 nitrogen and oxygen atoms in total. The van der Waals surface area contributed by atoms with Gasteiger partial charge >= 0.3 is 5.97 Å². The normalized spacial score (nSPS) is 22.6. The van der Waals surface area contributed by atoms with Gasteiger partial charge in [-0.3, -0.25) is 4.79 Å². The summed E-state index contributed by atoms with van der Waals surface area (Å²) in [6.07, 6.45) is 13.7. The summed E-state index contributed by atoms with van der Waals surface area (Å²) in [7, 11) is 0. The average molecular weight is 499 g/mol. The van der Waals surface area contributed by atoms with E-state index in [9.17, 15) is 19.8 Å². The second kappa shape index (κ2) is 13.7. The fourth-order valence-corrected chi connectivity index (χ4v) is 4.48. The largest absolute Gasteiger partial charge is 0.508 e. The van der Waals surface area contributed by atoms with E-state index in [1.54, 1.807) is 11.0 Å². The predicted molar refractivity (Wildman–Crippen MR) is 138 cm³/mol. The molecule has 1 amide bonds. The van der Waals surface area contributed by atoms with Crippen molar-refractivity contribution in [2.24, 2.45) is 11.1 Å². The first kappa shape index (κ1) is 27.3. The number of hydrogen-bond acceptors (Lipinski definition) is 7. The molecule has 2 heterocycles. The summed E-state index contributed by atoms with van der Waals surface area (Å²) in [5, 5.41) is 24.8. The molecule has 2 atom stereocenters. The number of fused-ring (bicyclic) bond motifs is 1. The number of cyclic esters (lactones) is 1. The van der Waals surface area contributed by atoms with E-state index in [-0.39, 0.29) is 48.0 Å². The van der Waals surface area contributed by atoms with Gasteiger partial charge in [0.25, 0.3) is 5.91 Å². The number of piperidine rings is 1. The first-order valence-electron chi connectivity index (χ1n) is 12.9. The number of phenols is 2. The molecule has 0 radical (unpaired) electrons. The maximum absolute atomic E-state index is 13.1. The fraction of sp³-hybridized carbons (Fsp3) is 0.536. The summed E-state index contributed by atoms with van der Waals surface area (Å²) < 4.78 is 5.76. The molecule has 196 valence electrons. The maximum Gasteiger partial charge on any atom is 0.342 e. The number of benzene rings is 1. The number of oxime groups is 1. The van der Waals surface area contributed by atoms with Gasteiger partial charge in [0.2, 0.25) is 0 Å². The summed E-state index contributed by atoms with van der Waals surface area (Å²) in [4.78, 5) is 32.8. The van der Waals surface area contributed by atoms with Gasteiger partial charge in [-0.2, -0.15) is 0 Å². The lowest BCUT2D eigenvalue weighted by atomic mass is 9.98. The van der Waals surface area contributed by atoms with Crippen LogP contribution in [-0.2, 0) is 20.8 Å². The van der Waals surface area contributed by atoms with Gasteiger partial charge in [-0.05, 0) is 55.7 Å². The van der Waals surface area contributed by atoms with Gasteiger partial charge in [0.15, 0.2) is 6.61 Å². The monoisotopic (exact) mass is 498 g/mol. The van der Waals surface area contributed by atoms with Crippen molar-refractivity contribution in [1.82, 2.24) is 4.90 Å². The van der Waals surface area contributed by atoms with Crippen LogP contribution < -0.4 is 0 Å². The lowest BCUT2D eigenvalue weighted by molar-refractivity contribution is -0.137. The van der Waals surface area contributed by atoms with Crippen molar-refractivity contribution in [2.45, 2.75) is 71.3 Å². The highest BCUT2D eigenvalue weighted by molar-refractivity contribution is 6.00. The number of carbonyl (C=O) groups excluding carboxylic acids is 2. The van der Waals surface area contributed by atoms with Gasteiger partial charge in [0.1, 0.15) is 23.2 Å². The van der Waals surface area contributed by atoms with E-state index in [4.69, 9.17) is 9.57 Å². The van der Waals surface area contributed by atoms with Crippen molar-refractivity contribution in [2.75, 3.05) is 19.7 Å². The minimum Gasteiger partial charge on any atom is -0.508 e. The summed E-state index contributed by atoms with van der Waals surface area (Å²) >= 11 is 0. The Morgan fingerprint density at radius 3 is 2.69 bits per heavy atom. The van der Waals surface area contributed by atoms with E-state index in [1.165, 1.54) is 6.07 Å². The molecule has 1 aromatic carbocycles. The SMILES string of the molecule is CCCC1CC=CC(C)CC=CC(=NOCC(=O)N2CCCCC2)Cc2cc(O)cc(O)c2C(=O)O1. The Morgan fingerprint density at radius 1 is 1.17 bits per heavy atom. The second-order valence-corrected chi connectivity index (χ2v) is 9.57. The van der Waals surface area contributed by atoms with Crippen LogP contribution in [0.1, 0.15) is 74.7 Å². The quantitative estimate of drug-likeness (QED) is 0.340. The third-order valence-electron chi connectivity index (χ3n) is 6.40. The van der Waals surface area contributed by atoms with Crippen LogP contribution in [0.3, 0.4) is 0 Å². The van der Waals surface area contributed by atoms with Crippen LogP contribution in [0.2, 0.25) is 0 Å². The number of phenolic OH excluding ortho intramolecular Hbond substituents is 2. The van der Waals surface area contributed by atoms with E-state index in [0.717, 1.165) is 51.3 Å². The highest BCUT2D eigenvalue weighted by atomic mass is 16.6.